The van der Waals surface area contributed by atoms with Gasteiger partial charge in [0.1, 0.15) is 5.72 Å². The number of hydrogen-bond donors (Lipinski definition) is 0. The van der Waals surface area contributed by atoms with Crippen LogP contribution in [0.3, 0.4) is 0 Å². The first-order valence-electron chi connectivity index (χ1n) is 10.9. The Balaban J connectivity index is 1.51. The normalized spacial score (nSPS) is 20.5. The van der Waals surface area contributed by atoms with Crippen LogP contribution in [0.1, 0.15) is 18.4 Å². The third kappa shape index (κ3) is 5.29. The highest BCUT2D eigenvalue weighted by molar-refractivity contribution is 7.91. The van der Waals surface area contributed by atoms with Crippen molar-refractivity contribution in [3.05, 3.63) is 54.1 Å². The van der Waals surface area contributed by atoms with Crippen LogP contribution in [0.15, 0.2) is 63.2 Å². The van der Waals surface area contributed by atoms with Gasteiger partial charge in [0.25, 0.3) is 0 Å². The van der Waals surface area contributed by atoms with E-state index in [2.05, 4.69) is 0 Å². The lowest BCUT2D eigenvalue weighted by Gasteiger charge is -2.42. The number of ether oxygens (including phenoxy) is 1. The summed E-state index contributed by atoms with van der Waals surface area (Å²) in [7, 11) is -11.4. The van der Waals surface area contributed by atoms with Gasteiger partial charge in [-0.1, -0.05) is 23.2 Å². The predicted molar refractivity (Wildman–Crippen MR) is 129 cm³/mol. The highest BCUT2D eigenvalue weighted by Crippen LogP contribution is 2.39. The number of rotatable bonds is 7. The molecule has 0 saturated carbocycles. The maximum atomic E-state index is 13.4. The molecule has 1 spiro atoms. The van der Waals surface area contributed by atoms with E-state index in [-0.39, 0.29) is 59.5 Å². The Morgan fingerprint density at radius 3 is 1.86 bits per heavy atom. The summed E-state index contributed by atoms with van der Waals surface area (Å²) in [4.78, 5) is -0.0517. The lowest BCUT2D eigenvalue weighted by atomic mass is 10.0. The molecule has 11 nitrogen and oxygen atoms in total. The van der Waals surface area contributed by atoms with Crippen LogP contribution in [-0.2, 0) is 51.5 Å². The molecule has 2 aliphatic heterocycles. The molecule has 2 heterocycles. The maximum Gasteiger partial charge on any atom is 0.245 e. The number of piperidine rings is 1. The topological polar surface area (TPSA) is 158 Å². The molecule has 36 heavy (non-hydrogen) atoms. The van der Waals surface area contributed by atoms with Crippen molar-refractivity contribution < 1.29 is 38.8 Å². The highest BCUT2D eigenvalue weighted by Gasteiger charge is 2.51. The van der Waals surface area contributed by atoms with Gasteiger partial charge in [0.05, 0.1) is 21.3 Å². The van der Waals surface area contributed by atoms with E-state index in [9.17, 15) is 34.0 Å². The van der Waals surface area contributed by atoms with Gasteiger partial charge in [-0.3, -0.25) is 4.21 Å². The highest BCUT2D eigenvalue weighted by atomic mass is 32.2. The molecule has 0 amide bonds. The fraction of sp³-hybridized carbons (Fsp3) is 0.429. The number of sulfone groups is 1. The van der Waals surface area contributed by atoms with Gasteiger partial charge in [-0.2, -0.15) is 8.61 Å². The van der Waals surface area contributed by atoms with E-state index in [1.54, 1.807) is 0 Å². The fourth-order valence-corrected chi connectivity index (χ4v) is 8.69. The lowest BCUT2D eigenvalue weighted by molar-refractivity contribution is -0.0806. The van der Waals surface area contributed by atoms with E-state index in [0.717, 1.165) is 6.26 Å². The number of benzene rings is 2. The standard InChI is InChI=1S/C21H26N2O9S4/c1-34(26,27)18-6-8-19(9-7-18)35(28,29)22-12-10-21(11-13-22)23(14-15-32-21)36(30,31)20-4-2-17(3-5-20)16-33(24)25/h2-9H,10-16H2,1H3,(H,24,25)/p-1. The monoisotopic (exact) mass is 577 g/mol. The Bertz CT molecular complexity index is 1460. The van der Waals surface area contributed by atoms with Crippen LogP contribution in [0.25, 0.3) is 0 Å². The lowest BCUT2D eigenvalue weighted by Crippen LogP contribution is -2.55. The van der Waals surface area contributed by atoms with Gasteiger partial charge >= 0.3 is 0 Å². The smallest absolute Gasteiger partial charge is 0.245 e. The van der Waals surface area contributed by atoms with Crippen molar-refractivity contribution in [2.24, 2.45) is 0 Å². The molecule has 2 aromatic carbocycles. The Hall–Kier alpha value is -1.72. The van der Waals surface area contributed by atoms with Gasteiger partial charge in [0.2, 0.25) is 20.0 Å². The Morgan fingerprint density at radius 2 is 1.33 bits per heavy atom. The summed E-state index contributed by atoms with van der Waals surface area (Å²) in [5, 5.41) is 0. The molecule has 4 rings (SSSR count). The fourth-order valence-electron chi connectivity index (χ4n) is 4.43. The predicted octanol–water partition coefficient (Wildman–Crippen LogP) is 0.671. The van der Waals surface area contributed by atoms with Crippen LogP contribution in [-0.4, -0.2) is 80.8 Å². The summed E-state index contributed by atoms with van der Waals surface area (Å²) in [5.74, 6) is -0.224. The van der Waals surface area contributed by atoms with Gasteiger partial charge in [-0.25, -0.2) is 25.3 Å². The largest absolute Gasteiger partial charge is 0.772 e. The van der Waals surface area contributed by atoms with E-state index in [0.29, 0.717) is 5.56 Å². The molecule has 198 valence electrons. The average molecular weight is 578 g/mol. The molecular formula is C21H25N2O9S4-. The van der Waals surface area contributed by atoms with E-state index in [1.165, 1.54) is 57.1 Å². The summed E-state index contributed by atoms with van der Waals surface area (Å²) >= 11 is -2.30. The molecule has 2 fully saturated rings. The zero-order valence-corrected chi connectivity index (χ0v) is 22.5. The van der Waals surface area contributed by atoms with E-state index >= 15 is 0 Å². The molecule has 2 aromatic rings. The molecule has 0 bridgehead atoms. The van der Waals surface area contributed by atoms with Crippen LogP contribution >= 0.6 is 0 Å². The van der Waals surface area contributed by atoms with Crippen LogP contribution in [0.2, 0.25) is 0 Å². The van der Waals surface area contributed by atoms with Gasteiger partial charge in [0.15, 0.2) is 9.84 Å². The van der Waals surface area contributed by atoms with E-state index in [1.807, 2.05) is 0 Å². The molecule has 1 unspecified atom stereocenters. The summed E-state index contributed by atoms with van der Waals surface area (Å²) < 4.78 is 106. The number of hydrogen-bond acceptors (Lipinski definition) is 9. The van der Waals surface area contributed by atoms with Crippen LogP contribution < -0.4 is 0 Å². The van der Waals surface area contributed by atoms with Gasteiger partial charge in [0, 0.05) is 44.5 Å². The van der Waals surface area contributed by atoms with Gasteiger partial charge in [-0.15, -0.1) is 0 Å². The molecule has 0 aliphatic carbocycles. The Morgan fingerprint density at radius 1 is 0.833 bits per heavy atom. The van der Waals surface area contributed by atoms with Crippen molar-refractivity contribution in [2.75, 3.05) is 32.5 Å². The minimum atomic E-state index is -3.99. The molecule has 0 radical (unpaired) electrons. The number of nitrogens with zero attached hydrogens (tertiary/aromatic N) is 2. The molecule has 0 N–H and O–H groups in total. The van der Waals surface area contributed by atoms with Gasteiger partial charge < -0.3 is 9.29 Å². The molecule has 15 heteroatoms. The van der Waals surface area contributed by atoms with E-state index in [4.69, 9.17) is 4.74 Å². The maximum absolute atomic E-state index is 13.4. The molecule has 1 atom stereocenters. The molecule has 2 saturated heterocycles. The molecular weight excluding hydrogens is 553 g/mol. The summed E-state index contributed by atoms with van der Waals surface area (Å²) in [5.41, 5.74) is -0.738. The minimum absolute atomic E-state index is 0.00572. The van der Waals surface area contributed by atoms with Crippen molar-refractivity contribution in [1.82, 2.24) is 8.61 Å². The number of sulfonamides is 2. The van der Waals surface area contributed by atoms with Crippen molar-refractivity contribution in [3.63, 3.8) is 0 Å². The van der Waals surface area contributed by atoms with Crippen LogP contribution in [0.5, 0.6) is 0 Å². The third-order valence-electron chi connectivity index (χ3n) is 6.31. The van der Waals surface area contributed by atoms with Crippen molar-refractivity contribution >= 4 is 41.0 Å². The molecule has 2 aliphatic rings. The first-order chi connectivity index (χ1) is 16.8. The third-order valence-corrected chi connectivity index (χ3v) is 11.9. The summed E-state index contributed by atoms with van der Waals surface area (Å²) in [6, 6.07) is 10.5. The summed E-state index contributed by atoms with van der Waals surface area (Å²) in [6.45, 7) is 0.285. The van der Waals surface area contributed by atoms with E-state index < -0.39 is 46.7 Å². The second kappa shape index (κ2) is 9.87. The quantitative estimate of drug-likeness (QED) is 0.431. The van der Waals surface area contributed by atoms with Crippen molar-refractivity contribution in [2.45, 2.75) is 39.0 Å². The second-order valence-electron chi connectivity index (χ2n) is 8.61. The first kappa shape index (κ1) is 27.3. The zero-order valence-electron chi connectivity index (χ0n) is 19.3. The first-order valence-corrected chi connectivity index (χ1v) is 16.9. The second-order valence-corrected chi connectivity index (χ2v) is 15.3. The molecule has 0 aromatic heterocycles. The van der Waals surface area contributed by atoms with Crippen LogP contribution in [0.4, 0.5) is 0 Å². The van der Waals surface area contributed by atoms with Crippen molar-refractivity contribution in [1.29, 1.82) is 0 Å². The zero-order chi connectivity index (χ0) is 26.4. The van der Waals surface area contributed by atoms with Crippen molar-refractivity contribution in [3.8, 4) is 0 Å². The van der Waals surface area contributed by atoms with Crippen LogP contribution in [0, 0.1) is 0 Å². The minimum Gasteiger partial charge on any atom is -0.772 e. The summed E-state index contributed by atoms with van der Waals surface area (Å²) in [6.07, 6.45) is 1.26. The van der Waals surface area contributed by atoms with Gasteiger partial charge in [-0.05, 0) is 42.0 Å². The SMILES string of the molecule is CS(=O)(=O)c1ccc(S(=O)(=O)N2CCC3(CC2)OCCN3S(=O)(=O)c2ccc(CS(=O)[O-])cc2)cc1. The average Bonchev–Trinajstić information content (AvgIpc) is 3.22. The Kier molecular flexibility index (Phi) is 7.49. The Labute approximate surface area is 213 Å².